The molecule has 1 aromatic carbocycles. The minimum absolute atomic E-state index is 0. The van der Waals surface area contributed by atoms with Crippen molar-refractivity contribution in [2.75, 3.05) is 0 Å². The van der Waals surface area contributed by atoms with Gasteiger partial charge in [0.05, 0.1) is 0 Å². The van der Waals surface area contributed by atoms with Crippen LogP contribution in [0, 0.1) is 0 Å². The Labute approximate surface area is 111 Å². The van der Waals surface area contributed by atoms with E-state index in [0.717, 1.165) is 6.42 Å². The summed E-state index contributed by atoms with van der Waals surface area (Å²) in [7, 11) is 0. The standard InChI is InChI=1S/C9H13N.K.H/c1-8(10)7-9-5-3-2-4-6-9;;/h2-6,8H,7,10H2,1H3;;. The number of benzene rings is 1. The Balaban J connectivity index is 0.000001000. The molecule has 0 radical (unpaired) electrons. The Bertz CT molecular complexity index is 184. The molecule has 0 aliphatic rings. The molecule has 0 spiro atoms. The molecule has 0 saturated carbocycles. The van der Waals surface area contributed by atoms with Gasteiger partial charge in [0.1, 0.15) is 0 Å². The van der Waals surface area contributed by atoms with E-state index in [1.807, 2.05) is 25.1 Å². The van der Waals surface area contributed by atoms with Crippen LogP contribution < -0.4 is 5.73 Å². The average molecular weight is 175 g/mol. The third kappa shape index (κ3) is 5.12. The van der Waals surface area contributed by atoms with Crippen molar-refractivity contribution < 1.29 is 0 Å². The second-order valence-electron chi connectivity index (χ2n) is 2.67. The van der Waals surface area contributed by atoms with Crippen molar-refractivity contribution >= 4 is 51.4 Å². The summed E-state index contributed by atoms with van der Waals surface area (Å²) in [4.78, 5) is 0. The monoisotopic (exact) mass is 175 g/mol. The normalized spacial score (nSPS) is 11.8. The third-order valence-corrected chi connectivity index (χ3v) is 1.40. The first-order valence-corrected chi connectivity index (χ1v) is 3.58. The van der Waals surface area contributed by atoms with E-state index in [-0.39, 0.29) is 57.4 Å². The summed E-state index contributed by atoms with van der Waals surface area (Å²) < 4.78 is 0. The zero-order valence-electron chi connectivity index (χ0n) is 6.25. The molecule has 1 nitrogen and oxygen atoms in total. The molecule has 0 amide bonds. The molecule has 0 heterocycles. The summed E-state index contributed by atoms with van der Waals surface area (Å²) in [5, 5.41) is 0. The molecule has 11 heavy (non-hydrogen) atoms. The first-order valence-electron chi connectivity index (χ1n) is 3.58. The number of hydrogen-bond acceptors (Lipinski definition) is 1. The van der Waals surface area contributed by atoms with E-state index in [1.165, 1.54) is 5.56 Å². The van der Waals surface area contributed by atoms with Crippen LogP contribution in [0.15, 0.2) is 30.3 Å². The summed E-state index contributed by atoms with van der Waals surface area (Å²) in [6, 6.07) is 10.6. The summed E-state index contributed by atoms with van der Waals surface area (Å²) >= 11 is 0. The summed E-state index contributed by atoms with van der Waals surface area (Å²) in [5.74, 6) is 0. The van der Waals surface area contributed by atoms with Crippen LogP contribution in [0.25, 0.3) is 0 Å². The van der Waals surface area contributed by atoms with Gasteiger partial charge in [-0.1, -0.05) is 30.3 Å². The fourth-order valence-electron chi connectivity index (χ4n) is 0.986. The molecule has 2 N–H and O–H groups in total. The fraction of sp³-hybridized carbons (Fsp3) is 0.333. The topological polar surface area (TPSA) is 26.0 Å². The van der Waals surface area contributed by atoms with Crippen molar-refractivity contribution in [2.24, 2.45) is 5.73 Å². The molecule has 1 atom stereocenters. The van der Waals surface area contributed by atoms with E-state index < -0.39 is 0 Å². The Morgan fingerprint density at radius 3 is 2.27 bits per heavy atom. The predicted molar refractivity (Wildman–Crippen MR) is 50.9 cm³/mol. The van der Waals surface area contributed by atoms with E-state index >= 15 is 0 Å². The van der Waals surface area contributed by atoms with Crippen molar-refractivity contribution in [1.82, 2.24) is 0 Å². The van der Waals surface area contributed by atoms with Crippen LogP contribution in [0.1, 0.15) is 12.5 Å². The van der Waals surface area contributed by atoms with E-state index in [1.54, 1.807) is 0 Å². The molecule has 0 aliphatic heterocycles. The van der Waals surface area contributed by atoms with Gasteiger partial charge in [0.25, 0.3) is 0 Å². The van der Waals surface area contributed by atoms with Crippen molar-refractivity contribution in [3.63, 3.8) is 0 Å². The van der Waals surface area contributed by atoms with Crippen LogP contribution in [0.2, 0.25) is 0 Å². The Morgan fingerprint density at radius 2 is 1.82 bits per heavy atom. The zero-order valence-corrected chi connectivity index (χ0v) is 6.25. The van der Waals surface area contributed by atoms with Crippen LogP contribution in [0.4, 0.5) is 0 Å². The van der Waals surface area contributed by atoms with Gasteiger partial charge in [0.2, 0.25) is 0 Å². The van der Waals surface area contributed by atoms with Crippen LogP contribution in [-0.4, -0.2) is 57.4 Å². The van der Waals surface area contributed by atoms with E-state index in [2.05, 4.69) is 12.1 Å². The quantitative estimate of drug-likeness (QED) is 0.665. The Hall–Kier alpha value is 0.816. The van der Waals surface area contributed by atoms with Crippen molar-refractivity contribution in [2.45, 2.75) is 19.4 Å². The fourth-order valence-corrected chi connectivity index (χ4v) is 0.986. The van der Waals surface area contributed by atoms with Gasteiger partial charge in [-0.25, -0.2) is 0 Å². The molecular formula is C9H14KN. The summed E-state index contributed by atoms with van der Waals surface area (Å²) in [6.45, 7) is 2.02. The Kier molecular flexibility index (Phi) is 6.82. The third-order valence-electron chi connectivity index (χ3n) is 1.40. The maximum absolute atomic E-state index is 5.62. The van der Waals surface area contributed by atoms with Gasteiger partial charge < -0.3 is 5.73 Å². The van der Waals surface area contributed by atoms with Crippen molar-refractivity contribution in [1.29, 1.82) is 0 Å². The average Bonchev–Trinajstić information content (AvgIpc) is 1.88. The molecule has 0 fully saturated rings. The Morgan fingerprint density at radius 1 is 1.27 bits per heavy atom. The molecule has 0 aromatic heterocycles. The molecule has 2 heteroatoms. The first kappa shape index (κ1) is 11.8. The zero-order chi connectivity index (χ0) is 7.40. The van der Waals surface area contributed by atoms with Crippen LogP contribution >= 0.6 is 0 Å². The van der Waals surface area contributed by atoms with Gasteiger partial charge >= 0.3 is 51.4 Å². The second-order valence-corrected chi connectivity index (χ2v) is 2.67. The molecule has 1 unspecified atom stereocenters. The maximum atomic E-state index is 5.62. The van der Waals surface area contributed by atoms with Gasteiger partial charge in [0.15, 0.2) is 0 Å². The van der Waals surface area contributed by atoms with Gasteiger partial charge in [-0.05, 0) is 18.9 Å². The van der Waals surface area contributed by atoms with Crippen molar-refractivity contribution in [3.8, 4) is 0 Å². The number of hydrogen-bond donors (Lipinski definition) is 1. The summed E-state index contributed by atoms with van der Waals surface area (Å²) in [6.07, 6.45) is 0.973. The number of rotatable bonds is 2. The van der Waals surface area contributed by atoms with Crippen LogP contribution in [0.3, 0.4) is 0 Å². The van der Waals surface area contributed by atoms with Crippen LogP contribution in [0.5, 0.6) is 0 Å². The SMILES string of the molecule is CC(N)Cc1ccccc1.[KH]. The first-order chi connectivity index (χ1) is 4.79. The predicted octanol–water partition coefficient (Wildman–Crippen LogP) is 0.928. The second kappa shape index (κ2) is 6.35. The van der Waals surface area contributed by atoms with Gasteiger partial charge in [-0.15, -0.1) is 0 Å². The molecular weight excluding hydrogens is 161 g/mol. The van der Waals surface area contributed by atoms with Gasteiger partial charge in [0, 0.05) is 6.04 Å². The molecule has 0 saturated heterocycles. The van der Waals surface area contributed by atoms with Crippen molar-refractivity contribution in [3.05, 3.63) is 35.9 Å². The van der Waals surface area contributed by atoms with E-state index in [4.69, 9.17) is 5.73 Å². The summed E-state index contributed by atoms with van der Waals surface area (Å²) in [5.41, 5.74) is 6.94. The molecule has 1 aromatic rings. The van der Waals surface area contributed by atoms with E-state index in [0.29, 0.717) is 0 Å². The molecule has 56 valence electrons. The van der Waals surface area contributed by atoms with Crippen LogP contribution in [-0.2, 0) is 6.42 Å². The molecule has 0 aliphatic carbocycles. The van der Waals surface area contributed by atoms with Gasteiger partial charge in [-0.2, -0.15) is 0 Å². The van der Waals surface area contributed by atoms with E-state index in [9.17, 15) is 0 Å². The van der Waals surface area contributed by atoms with Gasteiger partial charge in [-0.3, -0.25) is 0 Å². The minimum atomic E-state index is 0. The molecule has 0 bridgehead atoms. The number of nitrogens with two attached hydrogens (primary N) is 1. The molecule has 1 rings (SSSR count).